The van der Waals surface area contributed by atoms with Crippen LogP contribution >= 0.6 is 24.0 Å². The van der Waals surface area contributed by atoms with Crippen molar-refractivity contribution < 1.29 is 9.15 Å². The van der Waals surface area contributed by atoms with Gasteiger partial charge in [-0.15, -0.1) is 24.0 Å². The lowest BCUT2D eigenvalue weighted by atomic mass is 10.4. The Bertz CT molecular complexity index is 391. The largest absolute Gasteiger partial charge is 0.467 e. The van der Waals surface area contributed by atoms with Crippen molar-refractivity contribution >= 4 is 29.9 Å². The van der Waals surface area contributed by atoms with Gasteiger partial charge in [-0.25, -0.2) is 0 Å². The van der Waals surface area contributed by atoms with Crippen LogP contribution in [0.2, 0.25) is 0 Å². The van der Waals surface area contributed by atoms with E-state index in [0.717, 1.165) is 37.4 Å². The third kappa shape index (κ3) is 6.13. The number of aliphatic imine (C=N–C) groups is 1. The maximum Gasteiger partial charge on any atom is 0.193 e. The van der Waals surface area contributed by atoms with Gasteiger partial charge >= 0.3 is 0 Å². The molecule has 1 N–H and O–H groups in total. The standard InChI is InChI=1S/C14H23N3O2.HI/c1-15-14(16-10-13-4-3-8-19-13)17(2)7-9-18-11-12-5-6-12;/h3-4,8,12H,5-7,9-11H2,1-2H3,(H,15,16);1H. The number of ether oxygens (including phenoxy) is 1. The van der Waals surface area contributed by atoms with Crippen molar-refractivity contribution in [3.05, 3.63) is 24.2 Å². The maximum absolute atomic E-state index is 5.63. The molecule has 1 saturated carbocycles. The molecule has 2 rings (SSSR count). The summed E-state index contributed by atoms with van der Waals surface area (Å²) in [6.07, 6.45) is 4.35. The van der Waals surface area contributed by atoms with Crippen LogP contribution in [0.25, 0.3) is 0 Å². The molecule has 1 aromatic heterocycles. The molecule has 0 bridgehead atoms. The highest BCUT2D eigenvalue weighted by Gasteiger charge is 2.21. The highest BCUT2D eigenvalue weighted by Crippen LogP contribution is 2.28. The van der Waals surface area contributed by atoms with Crippen LogP contribution in [-0.2, 0) is 11.3 Å². The Hall–Kier alpha value is -0.760. The summed E-state index contributed by atoms with van der Waals surface area (Å²) >= 11 is 0. The number of rotatable bonds is 7. The van der Waals surface area contributed by atoms with Crippen LogP contribution in [0.4, 0.5) is 0 Å². The van der Waals surface area contributed by atoms with Crippen LogP contribution in [-0.4, -0.2) is 44.7 Å². The van der Waals surface area contributed by atoms with E-state index >= 15 is 0 Å². The summed E-state index contributed by atoms with van der Waals surface area (Å²) in [6.45, 7) is 3.14. The first-order valence-corrected chi connectivity index (χ1v) is 6.81. The SMILES string of the molecule is CN=C(NCc1ccco1)N(C)CCOCC1CC1.I. The van der Waals surface area contributed by atoms with E-state index in [1.807, 2.05) is 19.2 Å². The molecule has 1 aliphatic carbocycles. The van der Waals surface area contributed by atoms with E-state index in [1.54, 1.807) is 13.3 Å². The fraction of sp³-hybridized carbons (Fsp3) is 0.643. The summed E-state index contributed by atoms with van der Waals surface area (Å²) in [4.78, 5) is 6.31. The molecule has 1 heterocycles. The molecule has 114 valence electrons. The van der Waals surface area contributed by atoms with Gasteiger partial charge in [-0.2, -0.15) is 0 Å². The van der Waals surface area contributed by atoms with Gasteiger partial charge in [-0.1, -0.05) is 0 Å². The normalized spacial score (nSPS) is 14.8. The highest BCUT2D eigenvalue weighted by molar-refractivity contribution is 14.0. The Morgan fingerprint density at radius 3 is 2.95 bits per heavy atom. The number of halogens is 1. The molecule has 0 spiro atoms. The zero-order valence-electron chi connectivity index (χ0n) is 12.2. The van der Waals surface area contributed by atoms with Crippen LogP contribution in [0.5, 0.6) is 0 Å². The number of hydrogen-bond acceptors (Lipinski definition) is 3. The fourth-order valence-electron chi connectivity index (χ4n) is 1.81. The van der Waals surface area contributed by atoms with Crippen molar-refractivity contribution in [1.29, 1.82) is 0 Å². The third-order valence-corrected chi connectivity index (χ3v) is 3.20. The van der Waals surface area contributed by atoms with E-state index in [0.29, 0.717) is 6.54 Å². The quantitative estimate of drug-likeness (QED) is 0.335. The minimum atomic E-state index is 0. The number of hydrogen-bond donors (Lipinski definition) is 1. The lowest BCUT2D eigenvalue weighted by Gasteiger charge is -2.21. The summed E-state index contributed by atoms with van der Waals surface area (Å²) in [5.41, 5.74) is 0. The van der Waals surface area contributed by atoms with Gasteiger partial charge < -0.3 is 19.4 Å². The van der Waals surface area contributed by atoms with Crippen LogP contribution in [0, 0.1) is 5.92 Å². The second kappa shape index (κ2) is 9.23. The Morgan fingerprint density at radius 2 is 2.35 bits per heavy atom. The minimum absolute atomic E-state index is 0. The molecule has 1 aliphatic rings. The fourth-order valence-corrected chi connectivity index (χ4v) is 1.81. The summed E-state index contributed by atoms with van der Waals surface area (Å²) in [5, 5.41) is 3.26. The van der Waals surface area contributed by atoms with Gasteiger partial charge in [-0.05, 0) is 30.9 Å². The van der Waals surface area contributed by atoms with Crippen molar-refractivity contribution in [1.82, 2.24) is 10.2 Å². The van der Waals surface area contributed by atoms with E-state index < -0.39 is 0 Å². The van der Waals surface area contributed by atoms with Gasteiger partial charge in [-0.3, -0.25) is 4.99 Å². The molecule has 0 saturated heterocycles. The molecule has 0 amide bonds. The number of likely N-dealkylation sites (N-methyl/N-ethyl adjacent to an activating group) is 1. The predicted molar refractivity (Wildman–Crippen MR) is 90.5 cm³/mol. The van der Waals surface area contributed by atoms with Gasteiger partial charge in [0.05, 0.1) is 19.4 Å². The number of nitrogens with zero attached hydrogens (tertiary/aromatic N) is 2. The van der Waals surface area contributed by atoms with Crippen LogP contribution < -0.4 is 5.32 Å². The van der Waals surface area contributed by atoms with Gasteiger partial charge in [0.25, 0.3) is 0 Å². The molecule has 5 nitrogen and oxygen atoms in total. The van der Waals surface area contributed by atoms with Crippen molar-refractivity contribution in [3.63, 3.8) is 0 Å². The molecule has 0 radical (unpaired) electrons. The molecule has 6 heteroatoms. The third-order valence-electron chi connectivity index (χ3n) is 3.20. The highest BCUT2D eigenvalue weighted by atomic mass is 127. The zero-order valence-corrected chi connectivity index (χ0v) is 14.5. The Balaban J connectivity index is 0.00000200. The van der Waals surface area contributed by atoms with Gasteiger partial charge in [0.1, 0.15) is 5.76 Å². The van der Waals surface area contributed by atoms with Gasteiger partial charge in [0, 0.05) is 27.2 Å². The number of furan rings is 1. The average molecular weight is 393 g/mol. The first-order valence-electron chi connectivity index (χ1n) is 6.81. The van der Waals surface area contributed by atoms with E-state index in [-0.39, 0.29) is 24.0 Å². The second-order valence-electron chi connectivity index (χ2n) is 4.92. The van der Waals surface area contributed by atoms with E-state index in [9.17, 15) is 0 Å². The van der Waals surface area contributed by atoms with Gasteiger partial charge in [0.15, 0.2) is 5.96 Å². The monoisotopic (exact) mass is 393 g/mol. The second-order valence-corrected chi connectivity index (χ2v) is 4.92. The maximum atomic E-state index is 5.63. The molecule has 1 aromatic rings. The van der Waals surface area contributed by atoms with Crippen molar-refractivity contribution in [2.24, 2.45) is 10.9 Å². The first-order chi connectivity index (χ1) is 9.29. The summed E-state index contributed by atoms with van der Waals surface area (Å²) in [6, 6.07) is 3.83. The summed E-state index contributed by atoms with van der Waals surface area (Å²) in [5.74, 6) is 2.58. The zero-order chi connectivity index (χ0) is 13.5. The van der Waals surface area contributed by atoms with Crippen LogP contribution in [0.15, 0.2) is 27.8 Å². The first kappa shape index (κ1) is 17.3. The van der Waals surface area contributed by atoms with Gasteiger partial charge in [0.2, 0.25) is 0 Å². The Morgan fingerprint density at radius 1 is 1.55 bits per heavy atom. The molecule has 1 fully saturated rings. The van der Waals surface area contributed by atoms with Crippen molar-refractivity contribution in [2.75, 3.05) is 33.9 Å². The molecule has 0 unspecified atom stereocenters. The number of nitrogens with one attached hydrogen (secondary N) is 1. The average Bonchev–Trinajstić information content (AvgIpc) is 3.10. The lowest BCUT2D eigenvalue weighted by molar-refractivity contribution is 0.115. The molecule has 0 aromatic carbocycles. The predicted octanol–water partition coefficient (Wildman–Crippen LogP) is 2.33. The molecule has 20 heavy (non-hydrogen) atoms. The molecular weight excluding hydrogens is 369 g/mol. The van der Waals surface area contributed by atoms with E-state index in [2.05, 4.69) is 15.2 Å². The van der Waals surface area contributed by atoms with Crippen LogP contribution in [0.3, 0.4) is 0 Å². The summed E-state index contributed by atoms with van der Waals surface area (Å²) in [7, 11) is 3.80. The van der Waals surface area contributed by atoms with Crippen molar-refractivity contribution in [3.8, 4) is 0 Å². The molecular formula is C14H24IN3O2. The number of guanidine groups is 1. The van der Waals surface area contributed by atoms with E-state index in [4.69, 9.17) is 9.15 Å². The topological polar surface area (TPSA) is 50.0 Å². The Labute approximate surface area is 137 Å². The van der Waals surface area contributed by atoms with Crippen LogP contribution in [0.1, 0.15) is 18.6 Å². The van der Waals surface area contributed by atoms with Crippen molar-refractivity contribution in [2.45, 2.75) is 19.4 Å². The lowest BCUT2D eigenvalue weighted by Crippen LogP contribution is -2.40. The van der Waals surface area contributed by atoms with E-state index in [1.165, 1.54) is 12.8 Å². The molecule has 0 aliphatic heterocycles. The minimum Gasteiger partial charge on any atom is -0.467 e. The summed E-state index contributed by atoms with van der Waals surface area (Å²) < 4.78 is 10.9. The Kier molecular flexibility index (Phi) is 7.98. The smallest absolute Gasteiger partial charge is 0.193 e. The molecule has 0 atom stereocenters.